The number of hydrogen-bond donors (Lipinski definition) is 18. The molecule has 590 valence electrons. The summed E-state index contributed by atoms with van der Waals surface area (Å²) in [4.78, 5) is 116. The molecule has 30 atom stereocenters. The average Bonchev–Trinajstić information content (AvgIpc) is 1.34. The van der Waals surface area contributed by atoms with Crippen molar-refractivity contribution in [2.45, 2.75) is 231 Å². The summed E-state index contributed by atoms with van der Waals surface area (Å²) in [7, 11) is -5.92. The first-order valence-electron chi connectivity index (χ1n) is 32.7. The number of nitrogens with two attached hydrogens (primary N) is 1. The zero-order chi connectivity index (χ0) is 77.1. The monoisotopic (exact) mass is 1530 g/mol. The summed E-state index contributed by atoms with van der Waals surface area (Å²) >= 11 is 0. The molecule has 6 saturated heterocycles. The number of carboxylic acid groups (broad SMARTS) is 1. The van der Waals surface area contributed by atoms with Crippen LogP contribution in [0.3, 0.4) is 0 Å². The van der Waals surface area contributed by atoms with E-state index in [2.05, 4.69) is 20.9 Å². The Balaban J connectivity index is 0.806. The number of ether oxygens (including phenoxy) is 12. The van der Waals surface area contributed by atoms with Crippen LogP contribution in [0.1, 0.15) is 75.0 Å². The van der Waals surface area contributed by atoms with Crippen LogP contribution in [0.4, 0.5) is 5.82 Å². The van der Waals surface area contributed by atoms with E-state index in [-0.39, 0.29) is 50.1 Å². The highest BCUT2D eigenvalue weighted by Gasteiger charge is 2.59. The molecule has 0 bridgehead atoms. The largest absolute Gasteiger partial charge is 0.756 e. The third kappa shape index (κ3) is 20.7. The molecule has 8 rings (SSSR count). The molecular formula is C60H86N6O38P-. The van der Waals surface area contributed by atoms with E-state index in [1.165, 1.54) is 18.2 Å². The number of carbonyl (C=O) groups is 7. The standard InChI is InChI=1S/C60H87N6O38P/c1-23(71)15-28-31(75)17-60(58(86)87,104-105(89,90)94-20-35-40(78)44(82)51(95-35)66-13-11-36(61)65-59(66)88)103-47(28)38(76)30(74)6-4-5-26-7-9-27(10-8-26)50(85)62-12-14-91-54-45(83)42(80)48(56(101-54)92-21-69)99-52-29(63-24(2)72)16-32(33(18-67)97-52)96-55-46(84)43(81)49(57(102-55)93-22-70)100-53-37(64-25(3)73)41(79)39(77)34(19-68)98-53/h7-11,13,21-22,28-35,37-49,51-57,67-68,74-84H,4-6,12,14-20H2,1-3H3,(H,62,85)(H,63,72)(H,64,73)(H,86,87)(H,89,90)(H2,61,65,88)/p-1/t28-,29?,30-,31-,32+,33?,34?,35-,37?,38-,39-,40+,41-,42-,43-,44?,45?,46?,47?,48+,49+,51-,52-,53-,54-,55-,56?,57?,60-/m1/s1. The molecule has 0 radical (unpaired) electrons. The Hall–Kier alpha value is -6.42. The number of nitrogens with zero attached hydrogens (tertiary/aromatic N) is 2. The second-order valence-electron chi connectivity index (χ2n) is 25.4. The molecule has 19 N–H and O–H groups in total. The molecule has 11 unspecified atom stereocenters. The number of rotatable bonds is 34. The van der Waals surface area contributed by atoms with E-state index in [9.17, 15) is 119 Å². The fourth-order valence-electron chi connectivity index (χ4n) is 12.6. The van der Waals surface area contributed by atoms with E-state index < -0.39 is 266 Å². The molecule has 2 aromatic rings. The smallest absolute Gasteiger partial charge is 0.364 e. The molecule has 6 aliphatic heterocycles. The molecule has 0 spiro atoms. The van der Waals surface area contributed by atoms with Gasteiger partial charge in [-0.15, -0.1) is 0 Å². The van der Waals surface area contributed by atoms with Gasteiger partial charge in [-0.2, -0.15) is 4.98 Å². The predicted octanol–water partition coefficient (Wildman–Crippen LogP) is -10.2. The van der Waals surface area contributed by atoms with Crippen molar-refractivity contribution in [2.24, 2.45) is 5.92 Å². The van der Waals surface area contributed by atoms with Gasteiger partial charge in [0.25, 0.3) is 32.5 Å². The lowest BCUT2D eigenvalue weighted by atomic mass is 9.80. The van der Waals surface area contributed by atoms with Crippen molar-refractivity contribution in [3.63, 3.8) is 0 Å². The van der Waals surface area contributed by atoms with Gasteiger partial charge in [0, 0.05) is 57.3 Å². The van der Waals surface area contributed by atoms with Crippen molar-refractivity contribution in [1.82, 2.24) is 25.5 Å². The topological polar surface area (TPSA) is 669 Å². The number of aromatic nitrogens is 2. The maximum Gasteiger partial charge on any atom is 0.364 e. The summed E-state index contributed by atoms with van der Waals surface area (Å²) in [5.41, 5.74) is 5.20. The number of aliphatic hydroxyl groups is 13. The maximum atomic E-state index is 13.3. The number of aliphatic hydroxyl groups excluding tert-OH is 13. The summed E-state index contributed by atoms with van der Waals surface area (Å²) in [6.07, 6.45) is -46.9. The summed E-state index contributed by atoms with van der Waals surface area (Å²) in [6, 6.07) is 4.23. The zero-order valence-corrected chi connectivity index (χ0v) is 56.9. The molecule has 45 heteroatoms. The number of aliphatic carboxylic acids is 1. The van der Waals surface area contributed by atoms with Gasteiger partial charge in [-0.1, -0.05) is 12.1 Å². The van der Waals surface area contributed by atoms with Crippen LogP contribution in [-0.2, 0) is 106 Å². The number of carboxylic acids is 1. The highest BCUT2D eigenvalue weighted by molar-refractivity contribution is 7.46. The second-order valence-corrected chi connectivity index (χ2v) is 26.8. The van der Waals surface area contributed by atoms with Crippen molar-refractivity contribution >= 4 is 56.1 Å². The van der Waals surface area contributed by atoms with Gasteiger partial charge in [0.2, 0.25) is 24.4 Å². The minimum absolute atomic E-state index is 0.0910. The second kappa shape index (κ2) is 37.1. The molecule has 0 saturated carbocycles. The van der Waals surface area contributed by atoms with Gasteiger partial charge < -0.3 is 164 Å². The molecule has 3 amide bonds. The average molecular weight is 1530 g/mol. The van der Waals surface area contributed by atoms with Crippen molar-refractivity contribution in [2.75, 3.05) is 38.7 Å². The van der Waals surface area contributed by atoms with E-state index in [0.29, 0.717) is 5.56 Å². The highest BCUT2D eigenvalue weighted by Crippen LogP contribution is 2.50. The summed E-state index contributed by atoms with van der Waals surface area (Å²) in [6.45, 7) is -0.556. The van der Waals surface area contributed by atoms with Gasteiger partial charge >= 0.3 is 11.7 Å². The van der Waals surface area contributed by atoms with Gasteiger partial charge in [0.15, 0.2) is 43.6 Å². The van der Waals surface area contributed by atoms with Crippen LogP contribution >= 0.6 is 7.82 Å². The fraction of sp³-hybridized carbons (Fsp3) is 0.717. The van der Waals surface area contributed by atoms with Gasteiger partial charge in [0.1, 0.15) is 90.9 Å². The van der Waals surface area contributed by atoms with E-state index in [1.54, 1.807) is 12.1 Å². The van der Waals surface area contributed by atoms with Crippen LogP contribution in [0.15, 0.2) is 41.3 Å². The summed E-state index contributed by atoms with van der Waals surface area (Å²) in [5.74, 6) is -9.79. The van der Waals surface area contributed by atoms with Crippen LogP contribution < -0.4 is 32.3 Å². The van der Waals surface area contributed by atoms with Gasteiger partial charge in [-0.3, -0.25) is 37.6 Å². The van der Waals surface area contributed by atoms with Gasteiger partial charge in [-0.25, -0.2) is 9.59 Å². The summed E-state index contributed by atoms with van der Waals surface area (Å²) in [5, 5.41) is 160. The minimum Gasteiger partial charge on any atom is -0.756 e. The molecule has 6 aliphatic rings. The Labute approximate surface area is 594 Å². The van der Waals surface area contributed by atoms with Gasteiger partial charge in [-0.05, 0) is 49.9 Å². The number of phosphoric acid groups is 1. The molecule has 7 heterocycles. The number of phosphoric ester groups is 1. The Kier molecular flexibility index (Phi) is 29.8. The third-order valence-corrected chi connectivity index (χ3v) is 18.9. The number of ketones is 1. The quantitative estimate of drug-likeness (QED) is 0.0176. The third-order valence-electron chi connectivity index (χ3n) is 17.9. The number of aryl methyl sites for hydroxylation is 1. The lowest BCUT2D eigenvalue weighted by Crippen LogP contribution is -2.68. The number of nitrogen functional groups attached to an aromatic ring is 1. The Morgan fingerprint density at radius 1 is 0.743 bits per heavy atom. The van der Waals surface area contributed by atoms with E-state index >= 15 is 0 Å². The Morgan fingerprint density at radius 3 is 1.93 bits per heavy atom. The maximum absolute atomic E-state index is 13.3. The van der Waals surface area contributed by atoms with Crippen molar-refractivity contribution < 1.29 is 180 Å². The normalized spacial score (nSPS) is 37.5. The van der Waals surface area contributed by atoms with Crippen LogP contribution in [0.2, 0.25) is 0 Å². The minimum atomic E-state index is -5.92. The first kappa shape index (κ1) is 84.2. The van der Waals surface area contributed by atoms with Crippen LogP contribution in [0.5, 0.6) is 0 Å². The molecule has 6 fully saturated rings. The molecule has 1 aromatic heterocycles. The van der Waals surface area contributed by atoms with E-state index in [4.69, 9.17) is 71.6 Å². The SMILES string of the molecule is CC(=O)C[C@H]1C([C@H](O)[C@H](O)CCCc2ccc(C(=O)NCCO[C@@H]3OC(OC=O)[C@@H](O[C@H]4OC(CO)[C@@H](O[C@@H]5OC(OC=O)[C@@H](O[C@H]6OC(CO)[C@@H](O)[C@H](O)C6NC(C)=O)[C@H](O)C5O)CC4NC(C)=O)[C@H](O)C3O)cc2)O[C@](OP(=O)([O-])OC[C@H]2O[C@@H](n3ccc(N)nc3=O)C(O)[C@H]2O)(C(=O)O)C[C@H]1O. The fourth-order valence-corrected chi connectivity index (χ4v) is 13.6. The van der Waals surface area contributed by atoms with Crippen LogP contribution in [0.25, 0.3) is 0 Å². The number of anilines is 1. The predicted molar refractivity (Wildman–Crippen MR) is 331 cm³/mol. The Bertz CT molecular complexity index is 3370. The lowest BCUT2D eigenvalue weighted by Gasteiger charge is -2.48. The summed E-state index contributed by atoms with van der Waals surface area (Å²) < 4.78 is 91.0. The highest BCUT2D eigenvalue weighted by atomic mass is 31.2. The molecule has 0 aliphatic carbocycles. The first-order chi connectivity index (χ1) is 49.6. The number of benzene rings is 1. The lowest BCUT2D eigenvalue weighted by molar-refractivity contribution is -0.391. The number of carbonyl (C=O) groups excluding carboxylic acids is 6. The van der Waals surface area contributed by atoms with Crippen molar-refractivity contribution in [3.05, 3.63) is 58.1 Å². The van der Waals surface area contributed by atoms with Crippen molar-refractivity contribution in [3.8, 4) is 0 Å². The number of amides is 3. The molecule has 1 aromatic carbocycles. The first-order valence-corrected chi connectivity index (χ1v) is 34.2. The van der Waals surface area contributed by atoms with Crippen LogP contribution in [0, 0.1) is 5.92 Å². The molecule has 44 nitrogen and oxygen atoms in total. The molecule has 105 heavy (non-hydrogen) atoms. The number of hydrogen-bond acceptors (Lipinski definition) is 39. The zero-order valence-electron chi connectivity index (χ0n) is 56.0. The molecular weight excluding hydrogens is 1440 g/mol. The van der Waals surface area contributed by atoms with Crippen molar-refractivity contribution in [1.29, 1.82) is 0 Å². The van der Waals surface area contributed by atoms with Gasteiger partial charge in [0.05, 0.1) is 56.9 Å². The number of Topliss-reactive ketones (excluding diaryl/α,β-unsaturated/α-hetero) is 1. The van der Waals surface area contributed by atoms with E-state index in [0.717, 1.165) is 31.5 Å². The van der Waals surface area contributed by atoms with Crippen LogP contribution in [-0.4, -0.2) is 322 Å². The Morgan fingerprint density at radius 2 is 1.34 bits per heavy atom. The van der Waals surface area contributed by atoms with E-state index in [1.807, 2.05) is 0 Å². The number of nitrogens with one attached hydrogen (secondary N) is 3.